The molecule has 126 valence electrons. The Hall–Kier alpha value is 0.130. The first-order valence-corrected chi connectivity index (χ1v) is 8.58. The molecule has 0 aromatic carbocycles. The van der Waals surface area contributed by atoms with Crippen molar-refractivity contribution in [3.05, 3.63) is 0 Å². The highest BCUT2D eigenvalue weighted by Gasteiger charge is 2.39. The predicted octanol–water partition coefficient (Wildman–Crippen LogP) is 3.90. The summed E-state index contributed by atoms with van der Waals surface area (Å²) < 4.78 is 5.01. The molecule has 0 rings (SSSR count). The number of rotatable bonds is 10. The fraction of sp³-hybridized carbons (Fsp3) is 0.938. The average Bonchev–Trinajstić information content (AvgIpc) is 2.34. The molecule has 0 atom stereocenters. The number of carbonyl (C=O) groups is 1. The van der Waals surface area contributed by atoms with Crippen molar-refractivity contribution in [3.63, 3.8) is 0 Å². The number of hydrogen-bond donors (Lipinski definition) is 3. The molecular weight excluding hydrogens is 304 g/mol. The Morgan fingerprint density at radius 2 is 1.43 bits per heavy atom. The lowest BCUT2D eigenvalue weighted by Crippen LogP contribution is -2.36. The van der Waals surface area contributed by atoms with E-state index in [1.54, 1.807) is 0 Å². The van der Waals surface area contributed by atoms with E-state index in [1.807, 2.05) is 6.92 Å². The van der Waals surface area contributed by atoms with Gasteiger partial charge in [-0.05, 0) is 32.1 Å². The van der Waals surface area contributed by atoms with E-state index >= 15 is 0 Å². The summed E-state index contributed by atoms with van der Waals surface area (Å²) in [5.74, 6) is -0.200. The number of aliphatic hydroxyl groups is 1. The van der Waals surface area contributed by atoms with Gasteiger partial charge in [-0.1, -0.05) is 34.6 Å². The number of aliphatic hydroxyl groups excluding tert-OH is 1. The molecule has 0 bridgehead atoms. The minimum absolute atomic E-state index is 0.0646. The number of esters is 1. The Bertz CT molecular complexity index is 298. The van der Waals surface area contributed by atoms with E-state index in [-0.39, 0.29) is 28.7 Å². The topological polar surface area (TPSA) is 46.5 Å². The van der Waals surface area contributed by atoms with Gasteiger partial charge < -0.3 is 9.84 Å². The molecule has 0 saturated carbocycles. The van der Waals surface area contributed by atoms with Crippen molar-refractivity contribution in [2.45, 2.75) is 76.2 Å². The summed E-state index contributed by atoms with van der Waals surface area (Å²) in [4.78, 5) is 12.5. The van der Waals surface area contributed by atoms with Crippen molar-refractivity contribution in [1.82, 2.24) is 0 Å². The predicted molar refractivity (Wildman–Crippen MR) is 95.4 cm³/mol. The van der Waals surface area contributed by atoms with Crippen LogP contribution in [0.1, 0.15) is 66.7 Å². The van der Waals surface area contributed by atoms with E-state index in [0.29, 0.717) is 0 Å². The van der Waals surface area contributed by atoms with E-state index < -0.39 is 5.41 Å². The van der Waals surface area contributed by atoms with Gasteiger partial charge in [-0.2, -0.15) is 25.3 Å². The first-order valence-electron chi connectivity index (χ1n) is 7.69. The van der Waals surface area contributed by atoms with Crippen LogP contribution in [0.25, 0.3) is 0 Å². The zero-order chi connectivity index (χ0) is 16.7. The summed E-state index contributed by atoms with van der Waals surface area (Å²) in [6, 6.07) is 0. The first-order chi connectivity index (χ1) is 9.46. The van der Waals surface area contributed by atoms with Crippen LogP contribution in [0.5, 0.6) is 0 Å². The van der Waals surface area contributed by atoms with E-state index in [4.69, 9.17) is 9.84 Å². The smallest absolute Gasteiger partial charge is 0.312 e. The van der Waals surface area contributed by atoms with Gasteiger partial charge in [-0.25, -0.2) is 0 Å². The molecule has 1 N–H and O–H groups in total. The normalized spacial score (nSPS) is 13.3. The van der Waals surface area contributed by atoms with Gasteiger partial charge in [0.15, 0.2) is 0 Å². The van der Waals surface area contributed by atoms with Crippen LogP contribution in [0.4, 0.5) is 0 Å². The molecule has 0 saturated heterocycles. The summed E-state index contributed by atoms with van der Waals surface area (Å²) in [6.07, 6.45) is 3.89. The standard InChI is InChI=1S/C16H32O3S2/c1-6-16(9-7-14(2,3)20,10-8-15(4,5)21)13(18)19-12-11-17/h17,20-21H,6-12H2,1-5H3. The molecule has 0 fully saturated rings. The zero-order valence-corrected chi connectivity index (χ0v) is 15.9. The maximum atomic E-state index is 12.5. The molecule has 0 aliphatic heterocycles. The highest BCUT2D eigenvalue weighted by molar-refractivity contribution is 7.81. The van der Waals surface area contributed by atoms with Crippen molar-refractivity contribution >= 4 is 31.2 Å². The molecule has 0 radical (unpaired) electrons. The van der Waals surface area contributed by atoms with Gasteiger partial charge in [-0.15, -0.1) is 0 Å². The van der Waals surface area contributed by atoms with E-state index in [2.05, 4.69) is 53.0 Å². The quantitative estimate of drug-likeness (QED) is 0.419. The summed E-state index contributed by atoms with van der Waals surface area (Å²) in [6.45, 7) is 10.2. The minimum atomic E-state index is -0.505. The molecular formula is C16H32O3S2. The van der Waals surface area contributed by atoms with E-state index in [0.717, 1.165) is 32.1 Å². The zero-order valence-electron chi connectivity index (χ0n) is 14.1. The van der Waals surface area contributed by atoms with Crippen LogP contribution >= 0.6 is 25.3 Å². The monoisotopic (exact) mass is 336 g/mol. The molecule has 0 aliphatic carbocycles. The van der Waals surface area contributed by atoms with Crippen LogP contribution in [-0.4, -0.2) is 33.8 Å². The van der Waals surface area contributed by atoms with Crippen molar-refractivity contribution in [1.29, 1.82) is 0 Å². The van der Waals surface area contributed by atoms with Crippen molar-refractivity contribution in [2.75, 3.05) is 13.2 Å². The van der Waals surface area contributed by atoms with E-state index in [9.17, 15) is 4.79 Å². The van der Waals surface area contributed by atoms with E-state index in [1.165, 1.54) is 0 Å². The molecule has 3 nitrogen and oxygen atoms in total. The second kappa shape index (κ2) is 8.68. The maximum Gasteiger partial charge on any atom is 0.312 e. The second-order valence-electron chi connectivity index (χ2n) is 7.12. The maximum absolute atomic E-state index is 12.5. The second-order valence-corrected chi connectivity index (χ2v) is 9.54. The fourth-order valence-electron chi connectivity index (χ4n) is 2.21. The van der Waals surface area contributed by atoms with Gasteiger partial charge in [0, 0.05) is 9.49 Å². The lowest BCUT2D eigenvalue weighted by molar-refractivity contribution is -0.158. The first kappa shape index (κ1) is 21.1. The van der Waals surface area contributed by atoms with Gasteiger partial charge >= 0.3 is 5.97 Å². The molecule has 0 aliphatic rings. The van der Waals surface area contributed by atoms with Gasteiger partial charge in [0.2, 0.25) is 0 Å². The molecule has 0 unspecified atom stereocenters. The summed E-state index contributed by atoms with van der Waals surface area (Å²) >= 11 is 9.12. The molecule has 5 heteroatoms. The Morgan fingerprint density at radius 1 is 1.00 bits per heavy atom. The van der Waals surface area contributed by atoms with Crippen LogP contribution in [0.2, 0.25) is 0 Å². The highest BCUT2D eigenvalue weighted by Crippen LogP contribution is 2.40. The third-order valence-corrected chi connectivity index (χ3v) is 4.31. The van der Waals surface area contributed by atoms with Crippen molar-refractivity contribution in [2.24, 2.45) is 5.41 Å². The third-order valence-electron chi connectivity index (χ3n) is 3.86. The Balaban J connectivity index is 5.03. The van der Waals surface area contributed by atoms with Crippen LogP contribution in [0.3, 0.4) is 0 Å². The van der Waals surface area contributed by atoms with Crippen molar-refractivity contribution < 1.29 is 14.6 Å². The minimum Gasteiger partial charge on any atom is -0.463 e. The average molecular weight is 337 g/mol. The number of carbonyl (C=O) groups excluding carboxylic acids is 1. The number of hydrogen-bond acceptors (Lipinski definition) is 5. The Morgan fingerprint density at radius 3 is 1.71 bits per heavy atom. The highest BCUT2D eigenvalue weighted by atomic mass is 32.1. The molecule has 0 spiro atoms. The van der Waals surface area contributed by atoms with Gasteiger partial charge in [-0.3, -0.25) is 4.79 Å². The van der Waals surface area contributed by atoms with Crippen LogP contribution < -0.4 is 0 Å². The molecule has 0 amide bonds. The molecule has 0 heterocycles. The Kier molecular flexibility index (Phi) is 8.74. The Labute approximate surface area is 141 Å². The van der Waals surface area contributed by atoms with Gasteiger partial charge in [0.25, 0.3) is 0 Å². The summed E-state index contributed by atoms with van der Waals surface area (Å²) in [5, 5.41) is 8.87. The molecule has 0 aromatic rings. The van der Waals surface area contributed by atoms with Gasteiger partial charge in [0.05, 0.1) is 12.0 Å². The van der Waals surface area contributed by atoms with Crippen molar-refractivity contribution in [3.8, 4) is 0 Å². The molecule has 21 heavy (non-hydrogen) atoms. The summed E-state index contributed by atoms with van der Waals surface area (Å²) in [5.41, 5.74) is -0.505. The molecule has 0 aromatic heterocycles. The SMILES string of the molecule is CCC(CCC(C)(C)S)(CCC(C)(C)S)C(=O)OCCO. The van der Waals surface area contributed by atoms with Crippen LogP contribution in [0, 0.1) is 5.41 Å². The number of ether oxygens (including phenoxy) is 1. The number of thiol groups is 2. The van der Waals surface area contributed by atoms with Gasteiger partial charge in [0.1, 0.15) is 6.61 Å². The fourth-order valence-corrected chi connectivity index (χ4v) is 2.43. The lowest BCUT2D eigenvalue weighted by Gasteiger charge is -2.34. The third kappa shape index (κ3) is 8.99. The van der Waals surface area contributed by atoms with Crippen LogP contribution in [0.15, 0.2) is 0 Å². The lowest BCUT2D eigenvalue weighted by atomic mass is 9.74. The summed E-state index contributed by atoms with van der Waals surface area (Å²) in [7, 11) is 0. The largest absolute Gasteiger partial charge is 0.463 e. The van der Waals surface area contributed by atoms with Crippen LogP contribution in [-0.2, 0) is 9.53 Å².